The number of thioether (sulfide) groups is 2. The molecule has 1 atom stereocenters. The molecule has 1 aromatic heterocycles. The molecule has 2 aromatic carbocycles. The number of nitrogens with one attached hydrogen (secondary N) is 3. The van der Waals surface area contributed by atoms with Gasteiger partial charge in [0.2, 0.25) is 0 Å². The Morgan fingerprint density at radius 1 is 1.19 bits per heavy atom. The molecule has 7 nitrogen and oxygen atoms in total. The third-order valence-corrected chi connectivity index (χ3v) is 6.45. The van der Waals surface area contributed by atoms with Crippen LogP contribution in [0, 0.1) is 0 Å². The highest BCUT2D eigenvalue weighted by molar-refractivity contribution is 8.14. The molecule has 0 saturated heterocycles. The number of benzene rings is 2. The van der Waals surface area contributed by atoms with Gasteiger partial charge in [-0.15, -0.1) is 11.3 Å². The monoisotopic (exact) mass is 486 g/mol. The summed E-state index contributed by atoms with van der Waals surface area (Å²) in [5.41, 5.74) is 7.39. The van der Waals surface area contributed by atoms with Crippen LogP contribution in [0.15, 0.2) is 65.0 Å². The zero-order valence-corrected chi connectivity index (χ0v) is 19.7. The van der Waals surface area contributed by atoms with Gasteiger partial charge in [0, 0.05) is 22.0 Å². The number of carbonyl (C=O) groups is 3. The summed E-state index contributed by atoms with van der Waals surface area (Å²) in [6.45, 7) is 0. The minimum atomic E-state index is -0.462. The lowest BCUT2D eigenvalue weighted by Crippen LogP contribution is -2.45. The summed E-state index contributed by atoms with van der Waals surface area (Å²) in [7, 11) is 0. The number of anilines is 1. The first-order chi connectivity index (χ1) is 15.6. The molecule has 3 rings (SSSR count). The van der Waals surface area contributed by atoms with Crippen LogP contribution in [0.5, 0.6) is 0 Å². The lowest BCUT2D eigenvalue weighted by Gasteiger charge is -2.15. The highest BCUT2D eigenvalue weighted by atomic mass is 32.2. The van der Waals surface area contributed by atoms with Gasteiger partial charge in [-0.1, -0.05) is 30.3 Å². The molecule has 2 amide bonds. The Balaban J connectivity index is 1.78. The van der Waals surface area contributed by atoms with Gasteiger partial charge in [0.15, 0.2) is 5.13 Å². The van der Waals surface area contributed by atoms with Crippen molar-refractivity contribution in [3.05, 3.63) is 65.7 Å². The first kappa shape index (κ1) is 24.0. The second-order valence-electron chi connectivity index (χ2n) is 6.55. The van der Waals surface area contributed by atoms with Crippen molar-refractivity contribution < 1.29 is 14.4 Å². The Morgan fingerprint density at radius 2 is 2.00 bits per heavy atom. The van der Waals surface area contributed by atoms with E-state index in [9.17, 15) is 14.4 Å². The number of amides is 2. The van der Waals surface area contributed by atoms with E-state index in [1.54, 1.807) is 41.5 Å². The van der Waals surface area contributed by atoms with Gasteiger partial charge in [0.1, 0.15) is 6.29 Å². The Hall–Kier alpha value is -2.66. The van der Waals surface area contributed by atoms with Gasteiger partial charge in [-0.2, -0.15) is 11.8 Å². The molecule has 0 fully saturated rings. The van der Waals surface area contributed by atoms with Gasteiger partial charge < -0.3 is 4.79 Å². The Bertz CT molecular complexity index is 1050. The second kappa shape index (κ2) is 12.4. The molecule has 0 spiro atoms. The van der Waals surface area contributed by atoms with Crippen molar-refractivity contribution in [3.63, 3.8) is 0 Å². The number of hydrogen-bond donors (Lipinski definition) is 3. The Kier molecular flexibility index (Phi) is 9.29. The number of thiazole rings is 1. The predicted octanol–water partition coefficient (Wildman–Crippen LogP) is 4.69. The van der Waals surface area contributed by atoms with Crippen LogP contribution in [0.1, 0.15) is 16.8 Å². The molecular weight excluding hydrogens is 464 g/mol. The van der Waals surface area contributed by atoms with E-state index < -0.39 is 6.04 Å². The second-order valence-corrected chi connectivity index (χ2v) is 9.47. The fourth-order valence-corrected chi connectivity index (χ4v) is 4.54. The van der Waals surface area contributed by atoms with Crippen LogP contribution in [0.3, 0.4) is 0 Å². The van der Waals surface area contributed by atoms with Crippen molar-refractivity contribution in [2.75, 3.05) is 17.3 Å². The minimum Gasteiger partial charge on any atom is -0.302 e. The van der Waals surface area contributed by atoms with Gasteiger partial charge >= 0.3 is 0 Å². The molecule has 32 heavy (non-hydrogen) atoms. The van der Waals surface area contributed by atoms with E-state index in [0.29, 0.717) is 27.6 Å². The van der Waals surface area contributed by atoms with Crippen LogP contribution in [0.25, 0.3) is 11.1 Å². The van der Waals surface area contributed by atoms with E-state index >= 15 is 0 Å². The van der Waals surface area contributed by atoms with E-state index in [-0.39, 0.29) is 11.1 Å². The number of nitrogens with zero attached hydrogens (tertiary/aromatic N) is 1. The normalized spacial score (nSPS) is 11.5. The largest absolute Gasteiger partial charge is 0.302 e. The molecule has 1 unspecified atom stereocenters. The van der Waals surface area contributed by atoms with E-state index in [1.807, 2.05) is 36.6 Å². The van der Waals surface area contributed by atoms with Gasteiger partial charge in [-0.05, 0) is 59.5 Å². The summed E-state index contributed by atoms with van der Waals surface area (Å²) >= 11 is 4.00. The summed E-state index contributed by atoms with van der Waals surface area (Å²) in [6, 6.07) is 14.2. The molecule has 0 radical (unpaired) electrons. The summed E-state index contributed by atoms with van der Waals surface area (Å²) in [5, 5.41) is 4.78. The first-order valence-electron chi connectivity index (χ1n) is 9.68. The molecule has 0 bridgehead atoms. The molecule has 1 heterocycles. The standard InChI is InChI=1S/C22H22N4O3S3/c1-30-11-9-16(14-27)25-26-20(28)18-8-7-17(13-19(18)15-5-3-2-4-6-15)32-22(29)24-21-23-10-12-31-21/h2-8,10,12-14,16,25H,9,11H2,1H3,(H,26,28)(H,23,24,29). The number of hydrazine groups is 1. The van der Waals surface area contributed by atoms with Crippen LogP contribution >= 0.6 is 34.9 Å². The Labute approximate surface area is 198 Å². The van der Waals surface area contributed by atoms with Crippen LogP contribution in [-0.4, -0.2) is 40.5 Å². The summed E-state index contributed by atoms with van der Waals surface area (Å²) < 4.78 is 0. The average Bonchev–Trinajstić information content (AvgIpc) is 3.32. The molecule has 0 aliphatic heterocycles. The van der Waals surface area contributed by atoms with E-state index in [2.05, 4.69) is 21.2 Å². The van der Waals surface area contributed by atoms with E-state index in [4.69, 9.17) is 0 Å². The molecule has 0 saturated carbocycles. The lowest BCUT2D eigenvalue weighted by molar-refractivity contribution is -0.109. The van der Waals surface area contributed by atoms with Crippen molar-refractivity contribution >= 4 is 57.4 Å². The Morgan fingerprint density at radius 3 is 2.69 bits per heavy atom. The molecule has 0 aliphatic carbocycles. The van der Waals surface area contributed by atoms with Crippen molar-refractivity contribution in [2.24, 2.45) is 0 Å². The summed E-state index contributed by atoms with van der Waals surface area (Å²) in [4.78, 5) is 41.2. The number of hydrogen-bond acceptors (Lipinski definition) is 8. The first-order valence-corrected chi connectivity index (χ1v) is 12.8. The number of aldehydes is 1. The zero-order valence-electron chi connectivity index (χ0n) is 17.2. The third-order valence-electron chi connectivity index (χ3n) is 4.34. The van der Waals surface area contributed by atoms with Crippen molar-refractivity contribution in [1.82, 2.24) is 15.8 Å². The highest BCUT2D eigenvalue weighted by Gasteiger charge is 2.17. The third kappa shape index (κ3) is 6.92. The maximum absolute atomic E-state index is 12.9. The fourth-order valence-electron chi connectivity index (χ4n) is 2.79. The molecule has 10 heteroatoms. The van der Waals surface area contributed by atoms with Gasteiger partial charge in [0.05, 0.1) is 6.04 Å². The van der Waals surface area contributed by atoms with Crippen LogP contribution in [-0.2, 0) is 4.79 Å². The van der Waals surface area contributed by atoms with E-state index in [1.165, 1.54) is 11.3 Å². The number of aromatic nitrogens is 1. The van der Waals surface area contributed by atoms with Crippen molar-refractivity contribution in [2.45, 2.75) is 17.4 Å². The summed E-state index contributed by atoms with van der Waals surface area (Å²) in [5.74, 6) is 0.444. The molecule has 3 N–H and O–H groups in total. The van der Waals surface area contributed by atoms with Crippen LogP contribution in [0.2, 0.25) is 0 Å². The molecule has 0 aliphatic rings. The minimum absolute atomic E-state index is 0.263. The fraction of sp³-hybridized carbons (Fsp3) is 0.182. The number of rotatable bonds is 10. The average molecular weight is 487 g/mol. The van der Waals surface area contributed by atoms with Crippen LogP contribution in [0.4, 0.5) is 9.93 Å². The van der Waals surface area contributed by atoms with E-state index in [0.717, 1.165) is 29.4 Å². The summed E-state index contributed by atoms with van der Waals surface area (Å²) in [6.07, 6.45) is 4.98. The number of carbonyl (C=O) groups excluding carboxylic acids is 3. The lowest BCUT2D eigenvalue weighted by atomic mass is 9.99. The quantitative estimate of drug-likeness (QED) is 0.217. The van der Waals surface area contributed by atoms with Gasteiger partial charge in [-0.3, -0.25) is 20.3 Å². The highest BCUT2D eigenvalue weighted by Crippen LogP contribution is 2.30. The van der Waals surface area contributed by atoms with Crippen LogP contribution < -0.4 is 16.2 Å². The maximum Gasteiger partial charge on any atom is 0.290 e. The van der Waals surface area contributed by atoms with Crippen molar-refractivity contribution in [3.8, 4) is 11.1 Å². The maximum atomic E-state index is 12.9. The van der Waals surface area contributed by atoms with Gasteiger partial charge in [-0.25, -0.2) is 10.4 Å². The topological polar surface area (TPSA) is 100 Å². The predicted molar refractivity (Wildman–Crippen MR) is 132 cm³/mol. The SMILES string of the molecule is CSCCC(C=O)NNC(=O)c1ccc(SC(=O)Nc2nccs2)cc1-c1ccccc1. The smallest absolute Gasteiger partial charge is 0.290 e. The molecular formula is C22H22N4O3S3. The molecule has 3 aromatic rings. The molecule has 166 valence electrons. The zero-order chi connectivity index (χ0) is 22.8. The van der Waals surface area contributed by atoms with Crippen molar-refractivity contribution in [1.29, 1.82) is 0 Å². The van der Waals surface area contributed by atoms with Gasteiger partial charge in [0.25, 0.3) is 11.1 Å².